The molecule has 1 aromatic rings. The van der Waals surface area contributed by atoms with E-state index in [1.807, 2.05) is 6.92 Å². The van der Waals surface area contributed by atoms with Crippen LogP contribution in [0.4, 0.5) is 14.5 Å². The zero-order valence-corrected chi connectivity index (χ0v) is 8.22. The van der Waals surface area contributed by atoms with Gasteiger partial charge < -0.3 is 5.32 Å². The molecular weight excluding hydrogens is 198 g/mol. The molecule has 1 saturated carbocycles. The molecule has 2 rings (SSSR count). The van der Waals surface area contributed by atoms with Crippen molar-refractivity contribution in [1.29, 1.82) is 5.26 Å². The van der Waals surface area contributed by atoms with Gasteiger partial charge in [0.25, 0.3) is 0 Å². The van der Waals surface area contributed by atoms with Crippen molar-refractivity contribution in [3.05, 3.63) is 29.3 Å². The van der Waals surface area contributed by atoms with Crippen molar-refractivity contribution in [2.24, 2.45) is 5.92 Å². The Balaban J connectivity index is 2.27. The molecule has 15 heavy (non-hydrogen) atoms. The van der Waals surface area contributed by atoms with Gasteiger partial charge in [-0.2, -0.15) is 5.26 Å². The van der Waals surface area contributed by atoms with Gasteiger partial charge in [0, 0.05) is 6.04 Å². The number of halogens is 2. The third-order valence-corrected chi connectivity index (χ3v) is 2.61. The van der Waals surface area contributed by atoms with Gasteiger partial charge in [0.05, 0.1) is 11.6 Å². The van der Waals surface area contributed by atoms with Crippen molar-refractivity contribution in [1.82, 2.24) is 0 Å². The third kappa shape index (κ3) is 1.91. The fraction of sp³-hybridized carbons (Fsp3) is 0.364. The first kappa shape index (κ1) is 9.91. The zero-order chi connectivity index (χ0) is 11.0. The number of hydrogen-bond donors (Lipinski definition) is 1. The molecule has 1 aliphatic carbocycles. The first-order valence-electron chi connectivity index (χ1n) is 4.77. The predicted molar refractivity (Wildman–Crippen MR) is 52.3 cm³/mol. The van der Waals surface area contributed by atoms with Crippen molar-refractivity contribution in [2.45, 2.75) is 19.4 Å². The van der Waals surface area contributed by atoms with Gasteiger partial charge in [0.1, 0.15) is 5.69 Å². The van der Waals surface area contributed by atoms with Crippen LogP contribution in [0.1, 0.15) is 18.9 Å². The minimum atomic E-state index is -0.703. The molecule has 0 spiro atoms. The Morgan fingerprint density at radius 1 is 1.40 bits per heavy atom. The lowest BCUT2D eigenvalue weighted by molar-refractivity contribution is 0.586. The van der Waals surface area contributed by atoms with Gasteiger partial charge in [0.15, 0.2) is 11.6 Å². The van der Waals surface area contributed by atoms with Crippen LogP contribution in [0.25, 0.3) is 0 Å². The maximum Gasteiger partial charge on any atom is 0.150 e. The lowest BCUT2D eigenvalue weighted by Crippen LogP contribution is -2.07. The summed E-state index contributed by atoms with van der Waals surface area (Å²) in [5.41, 5.74) is -0.122. The van der Waals surface area contributed by atoms with E-state index in [9.17, 15) is 8.78 Å². The summed E-state index contributed by atoms with van der Waals surface area (Å²) >= 11 is 0. The van der Waals surface area contributed by atoms with Crippen LogP contribution in [0.15, 0.2) is 12.1 Å². The molecule has 0 aromatic heterocycles. The van der Waals surface area contributed by atoms with E-state index in [0.717, 1.165) is 18.6 Å². The predicted octanol–water partition coefficient (Wildman–Crippen LogP) is 2.66. The second kappa shape index (κ2) is 3.50. The van der Waals surface area contributed by atoms with Gasteiger partial charge in [-0.05, 0) is 24.5 Å². The summed E-state index contributed by atoms with van der Waals surface area (Å²) in [7, 11) is 0. The molecule has 1 fully saturated rings. The van der Waals surface area contributed by atoms with Gasteiger partial charge in [-0.15, -0.1) is 0 Å². The highest BCUT2D eigenvalue weighted by Crippen LogP contribution is 2.34. The second-order valence-electron chi connectivity index (χ2n) is 3.89. The average molecular weight is 208 g/mol. The summed E-state index contributed by atoms with van der Waals surface area (Å²) in [5, 5.41) is 11.3. The molecule has 0 aliphatic heterocycles. The second-order valence-corrected chi connectivity index (χ2v) is 3.89. The maximum atomic E-state index is 13.4. The van der Waals surface area contributed by atoms with Crippen LogP contribution in [0.5, 0.6) is 0 Å². The summed E-state index contributed by atoms with van der Waals surface area (Å²) in [6.07, 6.45) is 0.929. The largest absolute Gasteiger partial charge is 0.377 e. The topological polar surface area (TPSA) is 35.8 Å². The standard InChI is InChI=1S/C11H10F2N2/c1-6-2-10(6)15-11-8(12)3-7(5-14)4-9(11)13/h3-4,6,10,15H,2H2,1H3. The number of anilines is 1. The SMILES string of the molecule is CC1CC1Nc1c(F)cc(C#N)cc1F. The van der Waals surface area contributed by atoms with Crippen LogP contribution in [0, 0.1) is 28.9 Å². The molecule has 2 atom stereocenters. The van der Waals surface area contributed by atoms with Gasteiger partial charge >= 0.3 is 0 Å². The number of rotatable bonds is 2. The highest BCUT2D eigenvalue weighted by atomic mass is 19.1. The molecular formula is C11H10F2N2. The average Bonchev–Trinajstić information content (AvgIpc) is 2.88. The number of nitrogens with zero attached hydrogens (tertiary/aromatic N) is 1. The zero-order valence-electron chi connectivity index (χ0n) is 8.22. The van der Waals surface area contributed by atoms with E-state index < -0.39 is 11.6 Å². The number of nitriles is 1. The first-order chi connectivity index (χ1) is 7.11. The Morgan fingerprint density at radius 3 is 2.33 bits per heavy atom. The molecule has 78 valence electrons. The normalized spacial score (nSPS) is 23.3. The molecule has 4 heteroatoms. The van der Waals surface area contributed by atoms with Gasteiger partial charge in [-0.3, -0.25) is 0 Å². The fourth-order valence-electron chi connectivity index (χ4n) is 1.48. The lowest BCUT2D eigenvalue weighted by atomic mass is 10.2. The van der Waals surface area contributed by atoms with E-state index in [1.54, 1.807) is 6.07 Å². The van der Waals surface area contributed by atoms with Crippen molar-refractivity contribution in [2.75, 3.05) is 5.32 Å². The minimum Gasteiger partial charge on any atom is -0.377 e. The maximum absolute atomic E-state index is 13.4. The smallest absolute Gasteiger partial charge is 0.150 e. The Morgan fingerprint density at radius 2 is 1.93 bits per heavy atom. The van der Waals surface area contributed by atoms with Crippen molar-refractivity contribution in [3.63, 3.8) is 0 Å². The molecule has 0 heterocycles. The number of nitrogens with one attached hydrogen (secondary N) is 1. The Bertz CT molecular complexity index is 414. The molecule has 2 unspecified atom stereocenters. The van der Waals surface area contributed by atoms with Crippen LogP contribution < -0.4 is 5.32 Å². The number of benzene rings is 1. The van der Waals surface area contributed by atoms with E-state index >= 15 is 0 Å². The summed E-state index contributed by atoms with van der Waals surface area (Å²) in [4.78, 5) is 0. The fourth-order valence-corrected chi connectivity index (χ4v) is 1.48. The highest BCUT2D eigenvalue weighted by molar-refractivity contribution is 5.51. The Kier molecular flexibility index (Phi) is 2.31. The van der Waals surface area contributed by atoms with Crippen molar-refractivity contribution >= 4 is 5.69 Å². The summed E-state index contributed by atoms with van der Waals surface area (Å²) in [6.45, 7) is 2.01. The summed E-state index contributed by atoms with van der Waals surface area (Å²) in [5.74, 6) is -0.948. The van der Waals surface area contributed by atoms with Gasteiger partial charge in [-0.1, -0.05) is 6.92 Å². The quantitative estimate of drug-likeness (QED) is 0.811. The van der Waals surface area contributed by atoms with Crippen LogP contribution in [0.3, 0.4) is 0 Å². The van der Waals surface area contributed by atoms with Crippen molar-refractivity contribution in [3.8, 4) is 6.07 Å². The van der Waals surface area contributed by atoms with Crippen LogP contribution >= 0.6 is 0 Å². The van der Waals surface area contributed by atoms with Crippen molar-refractivity contribution < 1.29 is 8.78 Å². The minimum absolute atomic E-state index is 0.000560. The summed E-state index contributed by atoms with van der Waals surface area (Å²) < 4.78 is 26.7. The van der Waals surface area contributed by atoms with Gasteiger partial charge in [-0.25, -0.2) is 8.78 Å². The van der Waals surface area contributed by atoms with Crippen LogP contribution in [-0.2, 0) is 0 Å². The first-order valence-corrected chi connectivity index (χ1v) is 4.77. The monoisotopic (exact) mass is 208 g/mol. The molecule has 0 amide bonds. The van der Waals surface area contributed by atoms with Gasteiger partial charge in [0.2, 0.25) is 0 Å². The molecule has 2 nitrogen and oxygen atoms in total. The Hall–Kier alpha value is -1.63. The Labute approximate surface area is 86.5 Å². The van der Waals surface area contributed by atoms with E-state index in [2.05, 4.69) is 5.32 Å². The molecule has 1 aromatic carbocycles. The summed E-state index contributed by atoms with van der Waals surface area (Å²) in [6, 6.07) is 3.94. The van der Waals surface area contributed by atoms with E-state index in [0.29, 0.717) is 5.92 Å². The van der Waals surface area contributed by atoms with Crippen LogP contribution in [0.2, 0.25) is 0 Å². The van der Waals surface area contributed by atoms with E-state index in [1.165, 1.54) is 0 Å². The number of hydrogen-bond acceptors (Lipinski definition) is 2. The lowest BCUT2D eigenvalue weighted by Gasteiger charge is -2.07. The highest BCUT2D eigenvalue weighted by Gasteiger charge is 2.33. The van der Waals surface area contributed by atoms with E-state index in [-0.39, 0.29) is 17.3 Å². The third-order valence-electron chi connectivity index (χ3n) is 2.61. The van der Waals surface area contributed by atoms with Crippen LogP contribution in [-0.4, -0.2) is 6.04 Å². The molecule has 0 bridgehead atoms. The molecule has 0 radical (unpaired) electrons. The molecule has 1 N–H and O–H groups in total. The molecule has 0 saturated heterocycles. The molecule has 1 aliphatic rings. The van der Waals surface area contributed by atoms with E-state index in [4.69, 9.17) is 5.26 Å².